The van der Waals surface area contributed by atoms with Gasteiger partial charge in [0.2, 0.25) is 0 Å². The van der Waals surface area contributed by atoms with Gasteiger partial charge >= 0.3 is 0 Å². The highest BCUT2D eigenvalue weighted by atomic mass is 35.5. The molecular weight excluding hydrogens is 312 g/mol. The number of benzene rings is 1. The van der Waals surface area contributed by atoms with Gasteiger partial charge in [-0.3, -0.25) is 9.78 Å². The van der Waals surface area contributed by atoms with Crippen molar-refractivity contribution in [2.24, 2.45) is 0 Å². The first-order valence-electron chi connectivity index (χ1n) is 7.66. The Morgan fingerprint density at radius 1 is 1.30 bits per heavy atom. The SMILES string of the molecule is Cc1ccc(C(=O)N2CC(c3ccccc3Cl)OCC2C)cn1. The van der Waals surface area contributed by atoms with Gasteiger partial charge < -0.3 is 9.64 Å². The van der Waals surface area contributed by atoms with E-state index in [0.717, 1.165) is 11.3 Å². The van der Waals surface area contributed by atoms with E-state index in [2.05, 4.69) is 4.98 Å². The molecule has 23 heavy (non-hydrogen) atoms. The number of rotatable bonds is 2. The quantitative estimate of drug-likeness (QED) is 0.844. The van der Waals surface area contributed by atoms with Crippen molar-refractivity contribution in [3.05, 3.63) is 64.4 Å². The Balaban J connectivity index is 1.82. The highest BCUT2D eigenvalue weighted by Gasteiger charge is 2.31. The molecule has 0 N–H and O–H groups in total. The summed E-state index contributed by atoms with van der Waals surface area (Å²) in [6.45, 7) is 4.86. The van der Waals surface area contributed by atoms with Crippen LogP contribution in [-0.4, -0.2) is 35.0 Å². The normalized spacial score (nSPS) is 21.3. The van der Waals surface area contributed by atoms with Gasteiger partial charge in [-0.25, -0.2) is 0 Å². The van der Waals surface area contributed by atoms with Crippen molar-refractivity contribution >= 4 is 17.5 Å². The van der Waals surface area contributed by atoms with Crippen LogP contribution in [-0.2, 0) is 4.74 Å². The van der Waals surface area contributed by atoms with Crippen molar-refractivity contribution in [1.29, 1.82) is 0 Å². The standard InChI is InChI=1S/C18H19ClN2O2/c1-12-7-8-14(9-20-12)18(22)21-10-17(23-11-13(21)2)15-5-3-4-6-16(15)19/h3-9,13,17H,10-11H2,1-2H3. The number of aryl methyl sites for hydroxylation is 1. The van der Waals surface area contributed by atoms with Crippen LogP contribution in [0.15, 0.2) is 42.6 Å². The average molecular weight is 331 g/mol. The predicted molar refractivity (Wildman–Crippen MR) is 89.6 cm³/mol. The van der Waals surface area contributed by atoms with Gasteiger partial charge in [0.15, 0.2) is 0 Å². The Bertz CT molecular complexity index is 702. The minimum Gasteiger partial charge on any atom is -0.369 e. The molecule has 1 fully saturated rings. The van der Waals surface area contributed by atoms with Gasteiger partial charge in [-0.1, -0.05) is 29.8 Å². The maximum absolute atomic E-state index is 12.8. The molecule has 2 aromatic rings. The minimum absolute atomic E-state index is 0.0162. The van der Waals surface area contributed by atoms with Gasteiger partial charge in [0.1, 0.15) is 6.10 Å². The van der Waals surface area contributed by atoms with Gasteiger partial charge in [0.05, 0.1) is 24.8 Å². The number of aromatic nitrogens is 1. The summed E-state index contributed by atoms with van der Waals surface area (Å²) in [4.78, 5) is 18.8. The molecule has 2 heterocycles. The van der Waals surface area contributed by atoms with Crippen LogP contribution >= 0.6 is 11.6 Å². The summed E-state index contributed by atoms with van der Waals surface area (Å²) >= 11 is 6.26. The van der Waals surface area contributed by atoms with Gasteiger partial charge in [-0.2, -0.15) is 0 Å². The van der Waals surface area contributed by atoms with Crippen LogP contribution in [0.1, 0.15) is 34.6 Å². The first-order valence-corrected chi connectivity index (χ1v) is 8.03. The molecule has 4 nitrogen and oxygen atoms in total. The van der Waals surface area contributed by atoms with E-state index in [4.69, 9.17) is 16.3 Å². The predicted octanol–water partition coefficient (Wildman–Crippen LogP) is 3.65. The number of hydrogen-bond donors (Lipinski definition) is 0. The Hall–Kier alpha value is -1.91. The van der Waals surface area contributed by atoms with E-state index in [1.165, 1.54) is 0 Å². The third-order valence-corrected chi connectivity index (χ3v) is 4.45. The topological polar surface area (TPSA) is 42.4 Å². The number of amides is 1. The maximum atomic E-state index is 12.8. The molecule has 1 aliphatic heterocycles. The number of halogens is 1. The molecule has 1 amide bonds. The summed E-state index contributed by atoms with van der Waals surface area (Å²) in [6, 6.07) is 11.3. The number of carbonyl (C=O) groups excluding carboxylic acids is 1. The highest BCUT2D eigenvalue weighted by molar-refractivity contribution is 6.31. The van der Waals surface area contributed by atoms with Crippen molar-refractivity contribution < 1.29 is 9.53 Å². The molecule has 0 spiro atoms. The minimum atomic E-state index is -0.206. The molecule has 0 radical (unpaired) electrons. The number of ether oxygens (including phenoxy) is 1. The van der Waals surface area contributed by atoms with Crippen molar-refractivity contribution in [2.75, 3.05) is 13.2 Å². The molecule has 1 aromatic carbocycles. The van der Waals surface area contributed by atoms with Crippen LogP contribution in [0.4, 0.5) is 0 Å². The summed E-state index contributed by atoms with van der Waals surface area (Å²) in [5.41, 5.74) is 2.41. The number of carbonyl (C=O) groups is 1. The summed E-state index contributed by atoms with van der Waals surface area (Å²) in [5, 5.41) is 0.663. The van der Waals surface area contributed by atoms with Gasteiger partial charge in [0.25, 0.3) is 5.91 Å². The van der Waals surface area contributed by atoms with E-state index in [1.807, 2.05) is 55.1 Å². The lowest BCUT2D eigenvalue weighted by molar-refractivity contribution is -0.0486. The van der Waals surface area contributed by atoms with E-state index in [-0.39, 0.29) is 18.1 Å². The summed E-state index contributed by atoms with van der Waals surface area (Å²) in [6.07, 6.45) is 1.42. The summed E-state index contributed by atoms with van der Waals surface area (Å²) in [5.74, 6) is -0.0228. The molecule has 0 aliphatic carbocycles. The maximum Gasteiger partial charge on any atom is 0.255 e. The first kappa shape index (κ1) is 16.0. The van der Waals surface area contributed by atoms with E-state index < -0.39 is 0 Å². The third-order valence-electron chi connectivity index (χ3n) is 4.10. The summed E-state index contributed by atoms with van der Waals surface area (Å²) < 4.78 is 5.90. The third kappa shape index (κ3) is 3.38. The Morgan fingerprint density at radius 2 is 2.09 bits per heavy atom. The first-order chi connectivity index (χ1) is 11.1. The largest absolute Gasteiger partial charge is 0.369 e. The second-order valence-electron chi connectivity index (χ2n) is 5.84. The molecule has 1 aromatic heterocycles. The van der Waals surface area contributed by atoms with E-state index >= 15 is 0 Å². The highest BCUT2D eigenvalue weighted by Crippen LogP contribution is 2.30. The van der Waals surface area contributed by atoms with Crippen LogP contribution < -0.4 is 0 Å². The van der Waals surface area contributed by atoms with E-state index in [0.29, 0.717) is 23.7 Å². The summed E-state index contributed by atoms with van der Waals surface area (Å²) in [7, 11) is 0. The number of hydrogen-bond acceptors (Lipinski definition) is 3. The lowest BCUT2D eigenvalue weighted by Gasteiger charge is -2.38. The van der Waals surface area contributed by atoms with Crippen molar-refractivity contribution in [3.63, 3.8) is 0 Å². The van der Waals surface area contributed by atoms with Crippen molar-refractivity contribution in [3.8, 4) is 0 Å². The zero-order chi connectivity index (χ0) is 16.4. The molecule has 0 saturated carbocycles. The van der Waals surface area contributed by atoms with Crippen LogP contribution in [0.2, 0.25) is 5.02 Å². The van der Waals surface area contributed by atoms with Gasteiger partial charge in [-0.15, -0.1) is 0 Å². The molecule has 3 rings (SSSR count). The van der Waals surface area contributed by atoms with E-state index in [9.17, 15) is 4.79 Å². The van der Waals surface area contributed by atoms with Crippen LogP contribution in [0.3, 0.4) is 0 Å². The lowest BCUT2D eigenvalue weighted by atomic mass is 10.0. The fraction of sp³-hybridized carbons (Fsp3) is 0.333. The molecule has 1 aliphatic rings. The van der Waals surface area contributed by atoms with Crippen LogP contribution in [0, 0.1) is 6.92 Å². The zero-order valence-corrected chi connectivity index (χ0v) is 14.0. The van der Waals surface area contributed by atoms with Crippen LogP contribution in [0.5, 0.6) is 0 Å². The Kier molecular flexibility index (Phi) is 4.64. The monoisotopic (exact) mass is 330 g/mol. The average Bonchev–Trinajstić information content (AvgIpc) is 2.56. The number of morpholine rings is 1. The fourth-order valence-corrected chi connectivity index (χ4v) is 2.98. The van der Waals surface area contributed by atoms with Crippen molar-refractivity contribution in [1.82, 2.24) is 9.88 Å². The molecule has 1 saturated heterocycles. The van der Waals surface area contributed by atoms with Crippen LogP contribution in [0.25, 0.3) is 0 Å². The molecule has 5 heteroatoms. The van der Waals surface area contributed by atoms with Crippen molar-refractivity contribution in [2.45, 2.75) is 26.0 Å². The second kappa shape index (κ2) is 6.69. The van der Waals surface area contributed by atoms with Gasteiger partial charge in [-0.05, 0) is 32.0 Å². The molecular formula is C18H19ClN2O2. The zero-order valence-electron chi connectivity index (χ0n) is 13.2. The molecule has 120 valence electrons. The lowest BCUT2D eigenvalue weighted by Crippen LogP contribution is -2.48. The second-order valence-corrected chi connectivity index (χ2v) is 6.25. The molecule has 2 unspecified atom stereocenters. The smallest absolute Gasteiger partial charge is 0.255 e. The fourth-order valence-electron chi connectivity index (χ4n) is 2.72. The number of pyridine rings is 1. The molecule has 0 bridgehead atoms. The molecule has 2 atom stereocenters. The Morgan fingerprint density at radius 3 is 2.78 bits per heavy atom. The van der Waals surface area contributed by atoms with Gasteiger partial charge in [0, 0.05) is 22.5 Å². The van der Waals surface area contributed by atoms with E-state index in [1.54, 1.807) is 6.20 Å². The number of nitrogens with zero attached hydrogens (tertiary/aromatic N) is 2. The Labute approximate surface area is 141 Å².